The average molecular weight is 319 g/mol. The van der Waals surface area contributed by atoms with Crippen molar-refractivity contribution in [2.75, 3.05) is 0 Å². The van der Waals surface area contributed by atoms with Crippen molar-refractivity contribution in [2.24, 2.45) is 16.7 Å². The third-order valence-electron chi connectivity index (χ3n) is 6.54. The van der Waals surface area contributed by atoms with E-state index in [0.29, 0.717) is 0 Å². The summed E-state index contributed by atoms with van der Waals surface area (Å²) in [4.78, 5) is 0. The molecule has 0 spiro atoms. The van der Waals surface area contributed by atoms with Gasteiger partial charge in [0.05, 0.1) is 0 Å². The molecule has 1 atom stereocenters. The zero-order chi connectivity index (χ0) is 18.6. The van der Waals surface area contributed by atoms with Gasteiger partial charge in [0.2, 0.25) is 0 Å². The fourth-order valence-corrected chi connectivity index (χ4v) is 3.34. The molecule has 0 aliphatic rings. The first-order valence-corrected chi connectivity index (χ1v) is 9.32. The van der Waals surface area contributed by atoms with Crippen LogP contribution < -0.4 is 0 Å². The van der Waals surface area contributed by atoms with Crippen LogP contribution in [0, 0.1) is 16.7 Å². The molecule has 0 N–H and O–H groups in total. The predicted octanol–water partition coefficient (Wildman–Crippen LogP) is 8.11. The second-order valence-electron chi connectivity index (χ2n) is 8.66. The Hall–Kier alpha value is -0.780. The van der Waals surface area contributed by atoms with Gasteiger partial charge >= 0.3 is 0 Å². The normalized spacial score (nSPS) is 16.1. The topological polar surface area (TPSA) is 0 Å². The van der Waals surface area contributed by atoms with E-state index in [9.17, 15) is 0 Å². The van der Waals surface area contributed by atoms with Gasteiger partial charge in [-0.3, -0.25) is 0 Å². The minimum absolute atomic E-state index is 0.120. The van der Waals surface area contributed by atoms with Gasteiger partial charge in [-0.05, 0) is 53.9 Å². The van der Waals surface area contributed by atoms with Gasteiger partial charge in [0.1, 0.15) is 0 Å². The van der Waals surface area contributed by atoms with Crippen LogP contribution in [0.5, 0.6) is 0 Å². The first-order chi connectivity index (χ1) is 10.3. The van der Waals surface area contributed by atoms with Gasteiger partial charge in [0, 0.05) is 10.8 Å². The van der Waals surface area contributed by atoms with Crippen LogP contribution in [0.2, 0.25) is 0 Å². The highest BCUT2D eigenvalue weighted by molar-refractivity contribution is 5.36. The lowest BCUT2D eigenvalue weighted by Gasteiger charge is -2.38. The van der Waals surface area contributed by atoms with E-state index in [1.807, 2.05) is 0 Å². The van der Waals surface area contributed by atoms with Crippen molar-refractivity contribution >= 4 is 0 Å². The Balaban J connectivity index is 5.95. The molecule has 1 unspecified atom stereocenters. The summed E-state index contributed by atoms with van der Waals surface area (Å²) < 4.78 is 0. The van der Waals surface area contributed by atoms with Crippen LogP contribution in [0.15, 0.2) is 33.9 Å². The van der Waals surface area contributed by atoms with Crippen molar-refractivity contribution < 1.29 is 0 Å². The van der Waals surface area contributed by atoms with Crippen LogP contribution >= 0.6 is 0 Å². The van der Waals surface area contributed by atoms with Gasteiger partial charge in [0.15, 0.2) is 0 Å². The van der Waals surface area contributed by atoms with Crippen LogP contribution in [-0.2, 0) is 0 Å². The fraction of sp³-hybridized carbons (Fsp3) is 0.739. The van der Waals surface area contributed by atoms with Gasteiger partial charge in [-0.25, -0.2) is 0 Å². The summed E-state index contributed by atoms with van der Waals surface area (Å²) in [6.45, 7) is 27.8. The Morgan fingerprint density at radius 1 is 0.826 bits per heavy atom. The molecule has 0 aromatic rings. The maximum atomic E-state index is 2.40. The molecule has 0 saturated carbocycles. The molecule has 0 aliphatic heterocycles. The van der Waals surface area contributed by atoms with Crippen LogP contribution in [-0.4, -0.2) is 0 Å². The van der Waals surface area contributed by atoms with Crippen LogP contribution in [0.25, 0.3) is 0 Å². The van der Waals surface area contributed by atoms with Crippen molar-refractivity contribution in [1.29, 1.82) is 0 Å². The van der Waals surface area contributed by atoms with E-state index in [1.165, 1.54) is 35.1 Å². The quantitative estimate of drug-likeness (QED) is 0.416. The monoisotopic (exact) mass is 318 g/mol. The lowest BCUT2D eigenvalue weighted by Crippen LogP contribution is -2.25. The van der Waals surface area contributed by atoms with Gasteiger partial charge in [0.25, 0.3) is 0 Å². The molecule has 0 heteroatoms. The minimum Gasteiger partial charge on any atom is -0.0876 e. The van der Waals surface area contributed by atoms with Gasteiger partial charge in [-0.15, -0.1) is 0 Å². The zero-order valence-electron chi connectivity index (χ0n) is 18.1. The molecule has 0 nitrogen and oxygen atoms in total. The molecular weight excluding hydrogens is 276 g/mol. The third kappa shape index (κ3) is 5.10. The van der Waals surface area contributed by atoms with Crippen LogP contribution in [0.1, 0.15) is 95.9 Å². The molecule has 0 fully saturated rings. The van der Waals surface area contributed by atoms with E-state index < -0.39 is 0 Å². The average Bonchev–Trinajstić information content (AvgIpc) is 2.49. The molecule has 0 aliphatic carbocycles. The summed E-state index contributed by atoms with van der Waals surface area (Å²) in [6, 6.07) is 0. The molecule has 134 valence electrons. The number of hydrogen-bond donors (Lipinski definition) is 0. The fourth-order valence-electron chi connectivity index (χ4n) is 3.34. The maximum Gasteiger partial charge on any atom is 0.00641 e. The highest BCUT2D eigenvalue weighted by Gasteiger charge is 2.32. The molecule has 23 heavy (non-hydrogen) atoms. The Labute approximate surface area is 147 Å². The largest absolute Gasteiger partial charge is 0.0876 e. The second-order valence-corrected chi connectivity index (χ2v) is 8.66. The zero-order valence-corrected chi connectivity index (χ0v) is 18.1. The molecule has 0 aromatic carbocycles. The highest BCUT2D eigenvalue weighted by Crippen LogP contribution is 2.45. The summed E-state index contributed by atoms with van der Waals surface area (Å²) in [6.07, 6.45) is 4.80. The third-order valence-corrected chi connectivity index (χ3v) is 6.54. The first kappa shape index (κ1) is 22.2. The van der Waals surface area contributed by atoms with Crippen molar-refractivity contribution in [3.8, 4) is 0 Å². The molecule has 0 rings (SSSR count). The molecule has 0 bridgehead atoms. The second kappa shape index (κ2) is 8.36. The summed E-state index contributed by atoms with van der Waals surface area (Å²) >= 11 is 0. The summed E-state index contributed by atoms with van der Waals surface area (Å²) in [5, 5.41) is 0. The van der Waals surface area contributed by atoms with Crippen molar-refractivity contribution in [3.63, 3.8) is 0 Å². The van der Waals surface area contributed by atoms with E-state index >= 15 is 0 Å². The molecule has 0 saturated heterocycles. The molecule has 0 amide bonds. The Morgan fingerprint density at radius 3 is 1.61 bits per heavy atom. The van der Waals surface area contributed by atoms with E-state index in [-0.39, 0.29) is 10.8 Å². The van der Waals surface area contributed by atoms with Crippen LogP contribution in [0.3, 0.4) is 0 Å². The predicted molar refractivity (Wildman–Crippen MR) is 108 cm³/mol. The van der Waals surface area contributed by atoms with Gasteiger partial charge < -0.3 is 0 Å². The van der Waals surface area contributed by atoms with E-state index in [2.05, 4.69) is 89.2 Å². The van der Waals surface area contributed by atoms with E-state index in [0.717, 1.165) is 5.92 Å². The van der Waals surface area contributed by atoms with Gasteiger partial charge in [-0.2, -0.15) is 0 Å². The molecule has 0 heterocycles. The summed E-state index contributed by atoms with van der Waals surface area (Å²) in [5.41, 5.74) is 7.80. The highest BCUT2D eigenvalue weighted by atomic mass is 14.4. The van der Waals surface area contributed by atoms with Gasteiger partial charge in [-0.1, -0.05) is 81.9 Å². The standard InChI is InChI=1S/C23H42/c1-13-17(5)15-21(14-2)23(11,12)20(8)19(7)22(9,10)18(6)16(3)4/h14,17H,13,15H2,1-12H3/b20-19-,21-14+. The SMILES string of the molecule is C/C=C(\CC(C)CC)C(C)(C)/C(C)=C(/C)C(C)(C)C(C)=C(C)C. The Morgan fingerprint density at radius 2 is 1.26 bits per heavy atom. The summed E-state index contributed by atoms with van der Waals surface area (Å²) in [5.74, 6) is 0.751. The lowest BCUT2D eigenvalue weighted by molar-refractivity contribution is 0.435. The maximum absolute atomic E-state index is 2.40. The minimum atomic E-state index is 0.120. The number of rotatable bonds is 7. The molecular formula is C23H42. The Bertz CT molecular complexity index is 488. The summed E-state index contributed by atoms with van der Waals surface area (Å²) in [7, 11) is 0. The number of hydrogen-bond acceptors (Lipinski definition) is 0. The smallest absolute Gasteiger partial charge is 0.00641 e. The first-order valence-electron chi connectivity index (χ1n) is 9.32. The molecule has 0 aromatic heterocycles. The molecule has 0 radical (unpaired) electrons. The van der Waals surface area contributed by atoms with E-state index in [1.54, 1.807) is 5.57 Å². The van der Waals surface area contributed by atoms with Crippen molar-refractivity contribution in [1.82, 2.24) is 0 Å². The van der Waals surface area contributed by atoms with Crippen molar-refractivity contribution in [2.45, 2.75) is 95.9 Å². The number of allylic oxidation sites excluding steroid dienone is 6. The van der Waals surface area contributed by atoms with Crippen LogP contribution in [0.4, 0.5) is 0 Å². The lowest BCUT2D eigenvalue weighted by atomic mass is 9.67. The van der Waals surface area contributed by atoms with Crippen molar-refractivity contribution in [3.05, 3.63) is 33.9 Å². The Kier molecular flexibility index (Phi) is 8.07. The van der Waals surface area contributed by atoms with E-state index in [4.69, 9.17) is 0 Å².